The second kappa shape index (κ2) is 8.18. The molecule has 94 valence electrons. The van der Waals surface area contributed by atoms with Gasteiger partial charge in [-0.25, -0.2) is 0 Å². The number of rotatable bonds is 3. The second-order valence-corrected chi connectivity index (χ2v) is 3.65. The topological polar surface area (TPSA) is 29.4 Å². The van der Waals surface area contributed by atoms with E-state index in [9.17, 15) is 4.79 Å². The molecule has 1 aromatic rings. The Morgan fingerprint density at radius 2 is 1.94 bits per heavy atom. The average molecular weight is 241 g/mol. The smallest absolute Gasteiger partial charge is 0.150 e. The summed E-state index contributed by atoms with van der Waals surface area (Å²) in [6.45, 7) is 4.59. The molecule has 0 saturated carbocycles. The molecular formula is C16H19NO. The van der Waals surface area contributed by atoms with Crippen molar-refractivity contribution in [3.8, 4) is 0 Å². The van der Waals surface area contributed by atoms with Crippen LogP contribution >= 0.6 is 0 Å². The van der Waals surface area contributed by atoms with Crippen LogP contribution in [0.3, 0.4) is 0 Å². The van der Waals surface area contributed by atoms with E-state index in [0.29, 0.717) is 6.54 Å². The van der Waals surface area contributed by atoms with E-state index >= 15 is 0 Å². The molecule has 0 aromatic heterocycles. The lowest BCUT2D eigenvalue weighted by atomic mass is 9.99. The zero-order chi connectivity index (χ0) is 13.2. The first-order chi connectivity index (χ1) is 8.90. The lowest BCUT2D eigenvalue weighted by molar-refractivity contribution is -0.104. The van der Waals surface area contributed by atoms with Crippen molar-refractivity contribution in [2.75, 3.05) is 6.54 Å². The maximum atomic E-state index is 10.9. The summed E-state index contributed by atoms with van der Waals surface area (Å²) in [5, 5.41) is 0. The number of carbonyl (C=O) groups is 1. The van der Waals surface area contributed by atoms with Crippen molar-refractivity contribution < 1.29 is 4.79 Å². The number of nitrogens with zero attached hydrogens (tertiary/aromatic N) is 1. The third-order valence-electron chi connectivity index (χ3n) is 2.53. The molecule has 18 heavy (non-hydrogen) atoms. The molecule has 1 heterocycles. The van der Waals surface area contributed by atoms with Gasteiger partial charge >= 0.3 is 0 Å². The second-order valence-electron chi connectivity index (χ2n) is 3.65. The molecule has 1 aromatic carbocycles. The summed E-state index contributed by atoms with van der Waals surface area (Å²) in [6, 6.07) is 10.1. The quantitative estimate of drug-likeness (QED) is 0.746. The standard InChI is InChI=1S/C14H13NO.C2H6/c16-11-14-7-9-15-8-6-13(14)10-12-4-2-1-3-5-12;1-2/h1-8,11H,9-10H2;1-2H3. The molecule has 0 saturated heterocycles. The fourth-order valence-electron chi connectivity index (χ4n) is 1.68. The van der Waals surface area contributed by atoms with Crippen LogP contribution in [0.15, 0.2) is 58.6 Å². The van der Waals surface area contributed by atoms with Gasteiger partial charge in [0.2, 0.25) is 0 Å². The van der Waals surface area contributed by atoms with Gasteiger partial charge in [-0.2, -0.15) is 0 Å². The van der Waals surface area contributed by atoms with Gasteiger partial charge in [-0.1, -0.05) is 50.3 Å². The van der Waals surface area contributed by atoms with Gasteiger partial charge in [0.15, 0.2) is 0 Å². The Balaban J connectivity index is 0.000000771. The van der Waals surface area contributed by atoms with Gasteiger partial charge in [-0.15, -0.1) is 0 Å². The van der Waals surface area contributed by atoms with Crippen LogP contribution in [0.25, 0.3) is 0 Å². The first-order valence-electron chi connectivity index (χ1n) is 6.29. The van der Waals surface area contributed by atoms with Gasteiger partial charge in [0.1, 0.15) is 6.29 Å². The molecule has 0 unspecified atom stereocenters. The van der Waals surface area contributed by atoms with Crippen molar-refractivity contribution in [2.45, 2.75) is 20.3 Å². The van der Waals surface area contributed by atoms with Crippen molar-refractivity contribution in [1.29, 1.82) is 0 Å². The van der Waals surface area contributed by atoms with E-state index in [1.165, 1.54) is 5.56 Å². The highest BCUT2D eigenvalue weighted by molar-refractivity contribution is 5.86. The third kappa shape index (κ3) is 4.13. The maximum Gasteiger partial charge on any atom is 0.150 e. The maximum absolute atomic E-state index is 10.9. The number of carbonyl (C=O) groups excluding carboxylic acids is 1. The lowest BCUT2D eigenvalue weighted by Crippen LogP contribution is -1.96. The van der Waals surface area contributed by atoms with E-state index in [-0.39, 0.29) is 0 Å². The van der Waals surface area contributed by atoms with E-state index in [1.54, 1.807) is 6.21 Å². The van der Waals surface area contributed by atoms with Crippen LogP contribution in [0.2, 0.25) is 0 Å². The number of benzene rings is 1. The van der Waals surface area contributed by atoms with Crippen LogP contribution in [0, 0.1) is 0 Å². The highest BCUT2D eigenvalue weighted by Crippen LogP contribution is 2.15. The Morgan fingerprint density at radius 1 is 1.22 bits per heavy atom. The first kappa shape index (κ1) is 14.1. The summed E-state index contributed by atoms with van der Waals surface area (Å²) in [4.78, 5) is 15.1. The van der Waals surface area contributed by atoms with E-state index in [1.807, 2.05) is 44.2 Å². The van der Waals surface area contributed by atoms with Crippen molar-refractivity contribution in [1.82, 2.24) is 0 Å². The minimum atomic E-state index is 0.586. The van der Waals surface area contributed by atoms with Gasteiger partial charge in [-0.3, -0.25) is 9.79 Å². The summed E-state index contributed by atoms with van der Waals surface area (Å²) in [5.41, 5.74) is 2.99. The Hall–Kier alpha value is -1.96. The summed E-state index contributed by atoms with van der Waals surface area (Å²) < 4.78 is 0. The molecule has 0 bridgehead atoms. The highest BCUT2D eigenvalue weighted by Gasteiger charge is 2.06. The van der Waals surface area contributed by atoms with Gasteiger partial charge in [0, 0.05) is 11.8 Å². The Morgan fingerprint density at radius 3 is 2.61 bits per heavy atom. The van der Waals surface area contributed by atoms with Crippen LogP contribution in [0.1, 0.15) is 19.4 Å². The molecule has 0 fully saturated rings. The minimum absolute atomic E-state index is 0.586. The molecule has 0 spiro atoms. The predicted molar refractivity (Wildman–Crippen MR) is 77.1 cm³/mol. The van der Waals surface area contributed by atoms with Crippen LogP contribution in [0.4, 0.5) is 0 Å². The van der Waals surface area contributed by atoms with Crippen LogP contribution in [0.5, 0.6) is 0 Å². The van der Waals surface area contributed by atoms with Crippen LogP contribution < -0.4 is 0 Å². The van der Waals surface area contributed by atoms with Gasteiger partial charge < -0.3 is 0 Å². The van der Waals surface area contributed by atoms with Gasteiger partial charge in [0.05, 0.1) is 6.54 Å². The lowest BCUT2D eigenvalue weighted by Gasteiger charge is -2.05. The summed E-state index contributed by atoms with van der Waals surface area (Å²) in [6.07, 6.45) is 7.23. The SMILES string of the molecule is CC.O=CC1=CCN=CC=C1Cc1ccccc1. The molecule has 1 aliphatic rings. The van der Waals surface area contributed by atoms with Crippen LogP contribution in [-0.4, -0.2) is 19.0 Å². The molecule has 0 atom stereocenters. The largest absolute Gasteiger partial charge is 0.298 e. The summed E-state index contributed by atoms with van der Waals surface area (Å²) in [5.74, 6) is 0. The number of hydrogen-bond donors (Lipinski definition) is 0. The molecule has 2 heteroatoms. The number of aliphatic imine (C=N–C) groups is 1. The molecule has 2 nitrogen and oxygen atoms in total. The zero-order valence-electron chi connectivity index (χ0n) is 11.0. The molecule has 0 amide bonds. The molecule has 1 aliphatic heterocycles. The predicted octanol–water partition coefficient (Wildman–Crippen LogP) is 3.39. The van der Waals surface area contributed by atoms with Crippen molar-refractivity contribution in [2.24, 2.45) is 4.99 Å². The van der Waals surface area contributed by atoms with E-state index in [4.69, 9.17) is 0 Å². The fourth-order valence-corrected chi connectivity index (χ4v) is 1.68. The van der Waals surface area contributed by atoms with Crippen molar-refractivity contribution in [3.63, 3.8) is 0 Å². The minimum Gasteiger partial charge on any atom is -0.298 e. The molecule has 2 rings (SSSR count). The zero-order valence-corrected chi connectivity index (χ0v) is 11.0. The highest BCUT2D eigenvalue weighted by atomic mass is 16.1. The van der Waals surface area contributed by atoms with E-state index in [0.717, 1.165) is 23.9 Å². The Labute approximate surface area is 109 Å². The molecule has 0 N–H and O–H groups in total. The summed E-state index contributed by atoms with van der Waals surface area (Å²) in [7, 11) is 0. The van der Waals surface area contributed by atoms with Crippen molar-refractivity contribution >= 4 is 12.5 Å². The van der Waals surface area contributed by atoms with Crippen molar-refractivity contribution in [3.05, 3.63) is 59.2 Å². The first-order valence-corrected chi connectivity index (χ1v) is 6.29. The molecule has 0 aliphatic carbocycles. The number of aldehydes is 1. The van der Waals surface area contributed by atoms with Gasteiger partial charge in [-0.05, 0) is 23.6 Å². The van der Waals surface area contributed by atoms with Crippen LogP contribution in [-0.2, 0) is 11.2 Å². The third-order valence-corrected chi connectivity index (χ3v) is 2.53. The molecular weight excluding hydrogens is 222 g/mol. The average Bonchev–Trinajstić information content (AvgIpc) is 2.67. The number of allylic oxidation sites excluding steroid dienone is 3. The van der Waals surface area contributed by atoms with E-state index in [2.05, 4.69) is 17.1 Å². The molecule has 0 radical (unpaired) electrons. The monoisotopic (exact) mass is 241 g/mol. The fraction of sp³-hybridized carbons (Fsp3) is 0.250. The van der Waals surface area contributed by atoms with Gasteiger partial charge in [0.25, 0.3) is 0 Å². The number of hydrogen-bond acceptors (Lipinski definition) is 2. The summed E-state index contributed by atoms with van der Waals surface area (Å²) >= 11 is 0. The normalized spacial score (nSPS) is 13.7. The van der Waals surface area contributed by atoms with E-state index < -0.39 is 0 Å². The Kier molecular flexibility index (Phi) is 6.41. The Bertz CT molecular complexity index is 455.